The van der Waals surface area contributed by atoms with Gasteiger partial charge in [0, 0.05) is 0 Å². The Kier molecular flexibility index (Phi) is 2.64. The molecule has 2 aromatic rings. The van der Waals surface area contributed by atoms with Crippen molar-refractivity contribution >= 4 is 17.0 Å². The van der Waals surface area contributed by atoms with Gasteiger partial charge in [-0.05, 0) is 18.1 Å². The van der Waals surface area contributed by atoms with E-state index in [4.69, 9.17) is 5.90 Å². The molecule has 78 valence electrons. The number of rotatable bonds is 3. The fraction of sp³-hybridized carbons (Fsp3) is 0.200. The van der Waals surface area contributed by atoms with Crippen LogP contribution in [0.3, 0.4) is 0 Å². The predicted octanol–water partition coefficient (Wildman–Crippen LogP) is 0.912. The van der Waals surface area contributed by atoms with Crippen molar-refractivity contribution in [2.75, 3.05) is 0 Å². The Morgan fingerprint density at radius 1 is 1.53 bits per heavy atom. The van der Waals surface area contributed by atoms with E-state index < -0.39 is 5.97 Å². The van der Waals surface area contributed by atoms with Crippen LogP contribution in [-0.4, -0.2) is 15.9 Å². The number of imidazole rings is 1. The number of H-pyrrole nitrogens is 1. The van der Waals surface area contributed by atoms with Gasteiger partial charge in [-0.15, -0.1) is 0 Å². The minimum absolute atomic E-state index is 0.266. The zero-order chi connectivity index (χ0) is 10.7. The molecule has 0 radical (unpaired) electrons. The van der Waals surface area contributed by atoms with E-state index in [1.807, 2.05) is 18.2 Å². The zero-order valence-corrected chi connectivity index (χ0v) is 8.06. The maximum Gasteiger partial charge on any atom is 0.324 e. The van der Waals surface area contributed by atoms with Crippen LogP contribution >= 0.6 is 0 Å². The Hall–Kier alpha value is -1.88. The van der Waals surface area contributed by atoms with Crippen LogP contribution in [0, 0.1) is 0 Å². The minimum atomic E-state index is -0.414. The number of hydrogen-bond acceptors (Lipinski definition) is 4. The maximum absolute atomic E-state index is 10.9. The number of nitrogens with one attached hydrogen (secondary N) is 1. The topological polar surface area (TPSA) is 81.0 Å². The zero-order valence-electron chi connectivity index (χ0n) is 8.06. The molecular formula is C10H11N3O2. The average molecular weight is 205 g/mol. The molecule has 2 rings (SSSR count). The van der Waals surface area contributed by atoms with Gasteiger partial charge in [-0.2, -0.15) is 5.90 Å². The highest BCUT2D eigenvalue weighted by Crippen LogP contribution is 2.15. The average Bonchev–Trinajstić information content (AvgIpc) is 2.74. The van der Waals surface area contributed by atoms with Crippen molar-refractivity contribution in [2.24, 2.45) is 5.90 Å². The number of aryl methyl sites for hydroxylation is 1. The van der Waals surface area contributed by atoms with Crippen LogP contribution in [-0.2, 0) is 16.1 Å². The second-order valence-corrected chi connectivity index (χ2v) is 3.21. The highest BCUT2D eigenvalue weighted by atomic mass is 16.7. The summed E-state index contributed by atoms with van der Waals surface area (Å²) < 4.78 is 0. The van der Waals surface area contributed by atoms with E-state index in [2.05, 4.69) is 14.8 Å². The third kappa shape index (κ3) is 1.97. The fourth-order valence-corrected chi connectivity index (χ4v) is 1.52. The molecule has 0 aliphatic heterocycles. The summed E-state index contributed by atoms with van der Waals surface area (Å²) in [5.41, 5.74) is 2.87. The van der Waals surface area contributed by atoms with Crippen molar-refractivity contribution in [3.63, 3.8) is 0 Å². The molecule has 5 nitrogen and oxygen atoms in total. The maximum atomic E-state index is 10.9. The van der Waals surface area contributed by atoms with Crippen molar-refractivity contribution in [3.05, 3.63) is 30.1 Å². The molecule has 3 N–H and O–H groups in total. The van der Waals surface area contributed by atoms with E-state index in [0.717, 1.165) is 16.6 Å². The molecule has 0 atom stereocenters. The predicted molar refractivity (Wildman–Crippen MR) is 54.7 cm³/mol. The van der Waals surface area contributed by atoms with Gasteiger partial charge in [-0.25, -0.2) is 4.98 Å². The van der Waals surface area contributed by atoms with Crippen molar-refractivity contribution in [2.45, 2.75) is 12.8 Å². The van der Waals surface area contributed by atoms with Crippen LogP contribution in [0.2, 0.25) is 0 Å². The lowest BCUT2D eigenvalue weighted by Gasteiger charge is -2.00. The van der Waals surface area contributed by atoms with Crippen LogP contribution in [0.1, 0.15) is 12.0 Å². The highest BCUT2D eigenvalue weighted by molar-refractivity contribution is 5.79. The van der Waals surface area contributed by atoms with Crippen LogP contribution in [0.4, 0.5) is 0 Å². The Bertz CT molecular complexity index is 478. The summed E-state index contributed by atoms with van der Waals surface area (Å²) in [5.74, 6) is 4.34. The molecule has 1 heterocycles. The van der Waals surface area contributed by atoms with Crippen LogP contribution < -0.4 is 5.90 Å². The van der Waals surface area contributed by atoms with Gasteiger partial charge in [-0.3, -0.25) is 4.79 Å². The molecular weight excluding hydrogens is 194 g/mol. The molecule has 1 aromatic heterocycles. The molecule has 0 bridgehead atoms. The van der Waals surface area contributed by atoms with Crippen molar-refractivity contribution in [1.29, 1.82) is 0 Å². The summed E-state index contributed by atoms with van der Waals surface area (Å²) in [6, 6.07) is 5.80. The van der Waals surface area contributed by atoms with E-state index in [9.17, 15) is 4.79 Å². The van der Waals surface area contributed by atoms with Gasteiger partial charge in [0.15, 0.2) is 0 Å². The summed E-state index contributed by atoms with van der Waals surface area (Å²) in [7, 11) is 0. The number of carbonyl (C=O) groups is 1. The molecule has 0 spiro atoms. The number of nitrogens with zero attached hydrogens (tertiary/aromatic N) is 1. The quantitative estimate of drug-likeness (QED) is 0.730. The Morgan fingerprint density at radius 3 is 3.20 bits per heavy atom. The monoisotopic (exact) mass is 205 g/mol. The van der Waals surface area contributed by atoms with Crippen LogP contribution in [0.25, 0.3) is 11.0 Å². The van der Waals surface area contributed by atoms with Gasteiger partial charge in [0.2, 0.25) is 0 Å². The lowest BCUT2D eigenvalue weighted by molar-refractivity contribution is -0.144. The van der Waals surface area contributed by atoms with Crippen LogP contribution in [0.5, 0.6) is 0 Å². The second-order valence-electron chi connectivity index (χ2n) is 3.21. The van der Waals surface area contributed by atoms with Crippen LogP contribution in [0.15, 0.2) is 24.5 Å². The second kappa shape index (κ2) is 4.10. The van der Waals surface area contributed by atoms with Gasteiger partial charge < -0.3 is 9.82 Å². The lowest BCUT2D eigenvalue weighted by Crippen LogP contribution is -2.10. The molecule has 0 saturated carbocycles. The molecule has 0 amide bonds. The summed E-state index contributed by atoms with van der Waals surface area (Å²) in [5, 5.41) is 0. The first-order valence-electron chi connectivity index (χ1n) is 4.62. The first-order chi connectivity index (χ1) is 7.31. The lowest BCUT2D eigenvalue weighted by atomic mass is 10.1. The fourth-order valence-electron chi connectivity index (χ4n) is 1.52. The van der Waals surface area contributed by atoms with E-state index in [0.29, 0.717) is 6.42 Å². The Morgan fingerprint density at radius 2 is 2.40 bits per heavy atom. The number of para-hydroxylation sites is 1. The van der Waals surface area contributed by atoms with E-state index in [-0.39, 0.29) is 6.42 Å². The molecule has 0 fully saturated rings. The SMILES string of the molecule is NOC(=O)CCc1cccc2[nH]cnc12. The molecule has 15 heavy (non-hydrogen) atoms. The van der Waals surface area contributed by atoms with Gasteiger partial charge in [0.1, 0.15) is 0 Å². The van der Waals surface area contributed by atoms with E-state index in [1.54, 1.807) is 6.33 Å². The van der Waals surface area contributed by atoms with Crippen molar-refractivity contribution in [3.8, 4) is 0 Å². The number of carbonyl (C=O) groups excluding carboxylic acids is 1. The van der Waals surface area contributed by atoms with Gasteiger partial charge in [0.05, 0.1) is 23.8 Å². The summed E-state index contributed by atoms with van der Waals surface area (Å²) >= 11 is 0. The molecule has 0 aliphatic carbocycles. The summed E-state index contributed by atoms with van der Waals surface area (Å²) in [4.78, 5) is 22.2. The number of aromatic amines is 1. The number of aromatic nitrogens is 2. The van der Waals surface area contributed by atoms with Gasteiger partial charge >= 0.3 is 5.97 Å². The summed E-state index contributed by atoms with van der Waals surface area (Å²) in [6.45, 7) is 0. The molecule has 0 aliphatic rings. The number of hydrogen-bond donors (Lipinski definition) is 2. The Labute approximate surface area is 86.2 Å². The van der Waals surface area contributed by atoms with E-state index >= 15 is 0 Å². The number of fused-ring (bicyclic) bond motifs is 1. The highest BCUT2D eigenvalue weighted by Gasteiger charge is 2.06. The molecule has 0 unspecified atom stereocenters. The van der Waals surface area contributed by atoms with Gasteiger partial charge in [-0.1, -0.05) is 12.1 Å². The standard InChI is InChI=1S/C10H11N3O2/c11-15-9(14)5-4-7-2-1-3-8-10(7)13-6-12-8/h1-3,6H,4-5,11H2,(H,12,13). The molecule has 5 heteroatoms. The largest absolute Gasteiger partial charge is 0.373 e. The third-order valence-electron chi connectivity index (χ3n) is 2.26. The molecule has 0 saturated heterocycles. The summed E-state index contributed by atoms with van der Waals surface area (Å²) in [6.07, 6.45) is 2.48. The normalized spacial score (nSPS) is 10.5. The van der Waals surface area contributed by atoms with Crippen molar-refractivity contribution < 1.29 is 9.63 Å². The number of nitrogens with two attached hydrogens (primary N) is 1. The van der Waals surface area contributed by atoms with Gasteiger partial charge in [0.25, 0.3) is 0 Å². The van der Waals surface area contributed by atoms with Crippen molar-refractivity contribution in [1.82, 2.24) is 9.97 Å². The molecule has 1 aromatic carbocycles. The first-order valence-corrected chi connectivity index (χ1v) is 4.62. The third-order valence-corrected chi connectivity index (χ3v) is 2.26. The first kappa shape index (κ1) is 9.67. The smallest absolute Gasteiger partial charge is 0.324 e. The minimum Gasteiger partial charge on any atom is -0.373 e. The Balaban J connectivity index is 2.20. The number of benzene rings is 1. The van der Waals surface area contributed by atoms with E-state index in [1.165, 1.54) is 0 Å².